The number of nitrogens with zero attached hydrogens (tertiary/aromatic N) is 1. The van der Waals surface area contributed by atoms with Gasteiger partial charge in [-0.25, -0.2) is 0 Å². The number of aryl methyl sites for hydroxylation is 1. The van der Waals surface area contributed by atoms with Crippen molar-refractivity contribution in [2.45, 2.75) is 39.0 Å². The fraction of sp³-hybridized carbons (Fsp3) is 0.400. The van der Waals surface area contributed by atoms with Gasteiger partial charge in [0.05, 0.1) is 5.69 Å². The number of hydrogen-bond donors (Lipinski definition) is 0. The monoisotopic (exact) mass is 259 g/mol. The first-order valence-electron chi connectivity index (χ1n) is 6.52. The number of anilines is 1. The summed E-state index contributed by atoms with van der Waals surface area (Å²) in [6.45, 7) is 1.59. The Morgan fingerprint density at radius 3 is 2.21 bits per heavy atom. The van der Waals surface area contributed by atoms with Crippen LogP contribution in [0.1, 0.15) is 38.2 Å². The van der Waals surface area contributed by atoms with Crippen LogP contribution in [-0.4, -0.2) is 17.6 Å². The first-order valence-corrected chi connectivity index (χ1v) is 6.52. The van der Waals surface area contributed by atoms with Gasteiger partial charge in [-0.05, 0) is 37.5 Å². The van der Waals surface area contributed by atoms with E-state index in [1.807, 2.05) is 12.1 Å². The van der Waals surface area contributed by atoms with Gasteiger partial charge in [0.1, 0.15) is 5.78 Å². The van der Waals surface area contributed by atoms with Crippen molar-refractivity contribution in [1.82, 2.24) is 0 Å². The van der Waals surface area contributed by atoms with E-state index in [4.69, 9.17) is 0 Å². The zero-order valence-electron chi connectivity index (χ0n) is 11.0. The van der Waals surface area contributed by atoms with Crippen LogP contribution in [0.5, 0.6) is 0 Å². The van der Waals surface area contributed by atoms with Crippen LogP contribution >= 0.6 is 0 Å². The highest BCUT2D eigenvalue weighted by molar-refractivity contribution is 6.19. The van der Waals surface area contributed by atoms with Crippen molar-refractivity contribution in [3.63, 3.8) is 0 Å². The van der Waals surface area contributed by atoms with E-state index in [0.29, 0.717) is 24.9 Å². The summed E-state index contributed by atoms with van der Waals surface area (Å²) in [7, 11) is 0. The third kappa shape index (κ3) is 3.28. The number of ketones is 1. The largest absolute Gasteiger partial charge is 0.300 e. The fourth-order valence-corrected chi connectivity index (χ4v) is 2.22. The SMILES string of the molecule is CC(=O)CCCc1ccc(N2C(=O)CCC2=O)cc1. The number of Topliss-reactive ketones (excluding diaryl/α,β-unsaturated/α-hetero) is 1. The Balaban J connectivity index is 2.00. The lowest BCUT2D eigenvalue weighted by molar-refractivity contribution is -0.121. The Morgan fingerprint density at radius 2 is 1.68 bits per heavy atom. The average molecular weight is 259 g/mol. The standard InChI is InChI=1S/C15H17NO3/c1-11(17)3-2-4-12-5-7-13(8-6-12)16-14(18)9-10-15(16)19/h5-8H,2-4,9-10H2,1H3. The van der Waals surface area contributed by atoms with E-state index in [9.17, 15) is 14.4 Å². The van der Waals surface area contributed by atoms with Crippen LogP contribution in [0, 0.1) is 0 Å². The van der Waals surface area contributed by atoms with E-state index < -0.39 is 0 Å². The van der Waals surface area contributed by atoms with Crippen molar-refractivity contribution >= 4 is 23.3 Å². The van der Waals surface area contributed by atoms with Crippen LogP contribution < -0.4 is 4.90 Å². The predicted molar refractivity (Wildman–Crippen MR) is 71.8 cm³/mol. The third-order valence-corrected chi connectivity index (χ3v) is 3.24. The molecule has 0 unspecified atom stereocenters. The molecule has 1 fully saturated rings. The molecule has 0 bridgehead atoms. The Kier molecular flexibility index (Phi) is 4.10. The molecule has 4 nitrogen and oxygen atoms in total. The molecule has 0 saturated carbocycles. The molecule has 0 N–H and O–H groups in total. The summed E-state index contributed by atoms with van der Waals surface area (Å²) < 4.78 is 0. The van der Waals surface area contributed by atoms with Gasteiger partial charge in [0.15, 0.2) is 0 Å². The molecular formula is C15H17NO3. The van der Waals surface area contributed by atoms with Gasteiger partial charge in [-0.3, -0.25) is 14.5 Å². The number of imide groups is 1. The third-order valence-electron chi connectivity index (χ3n) is 3.24. The second kappa shape index (κ2) is 5.78. The van der Waals surface area contributed by atoms with Gasteiger partial charge in [0.2, 0.25) is 11.8 Å². The van der Waals surface area contributed by atoms with E-state index in [1.165, 1.54) is 4.90 Å². The minimum Gasteiger partial charge on any atom is -0.300 e. The lowest BCUT2D eigenvalue weighted by Gasteiger charge is -2.14. The summed E-state index contributed by atoms with van der Waals surface area (Å²) >= 11 is 0. The zero-order valence-corrected chi connectivity index (χ0v) is 11.0. The van der Waals surface area contributed by atoms with Crippen LogP contribution in [0.15, 0.2) is 24.3 Å². The zero-order chi connectivity index (χ0) is 13.8. The molecule has 0 aromatic heterocycles. The van der Waals surface area contributed by atoms with Crippen LogP contribution in [0.2, 0.25) is 0 Å². The van der Waals surface area contributed by atoms with Crippen LogP contribution in [-0.2, 0) is 20.8 Å². The van der Waals surface area contributed by atoms with Crippen LogP contribution in [0.25, 0.3) is 0 Å². The molecule has 19 heavy (non-hydrogen) atoms. The van der Waals surface area contributed by atoms with Crippen LogP contribution in [0.3, 0.4) is 0 Å². The van der Waals surface area contributed by atoms with Crippen molar-refractivity contribution in [2.75, 3.05) is 4.90 Å². The second-order valence-corrected chi connectivity index (χ2v) is 4.84. The molecule has 100 valence electrons. The summed E-state index contributed by atoms with van der Waals surface area (Å²) in [4.78, 5) is 35.3. The van der Waals surface area contributed by atoms with E-state index in [-0.39, 0.29) is 17.6 Å². The first kappa shape index (κ1) is 13.5. The minimum absolute atomic E-state index is 0.130. The van der Waals surface area contributed by atoms with Crippen molar-refractivity contribution < 1.29 is 14.4 Å². The van der Waals surface area contributed by atoms with Gasteiger partial charge in [-0.2, -0.15) is 0 Å². The second-order valence-electron chi connectivity index (χ2n) is 4.84. The summed E-state index contributed by atoms with van der Waals surface area (Å²) in [5, 5.41) is 0. The predicted octanol–water partition coefficient (Wildman–Crippen LogP) is 2.25. The van der Waals surface area contributed by atoms with Gasteiger partial charge in [0, 0.05) is 19.3 Å². The molecule has 1 aromatic carbocycles. The van der Waals surface area contributed by atoms with Gasteiger partial charge < -0.3 is 4.79 Å². The minimum atomic E-state index is -0.130. The molecule has 0 atom stereocenters. The summed E-state index contributed by atoms with van der Waals surface area (Å²) in [6, 6.07) is 7.41. The first-order chi connectivity index (χ1) is 9.08. The Bertz CT molecular complexity index is 489. The highest BCUT2D eigenvalue weighted by Crippen LogP contribution is 2.23. The molecule has 1 aliphatic heterocycles. The number of amides is 2. The average Bonchev–Trinajstić information content (AvgIpc) is 2.70. The van der Waals surface area contributed by atoms with Gasteiger partial charge in [0.25, 0.3) is 0 Å². The van der Waals surface area contributed by atoms with Crippen molar-refractivity contribution in [3.8, 4) is 0 Å². The normalized spacial score (nSPS) is 15.1. The fourth-order valence-electron chi connectivity index (χ4n) is 2.22. The van der Waals surface area contributed by atoms with Crippen molar-refractivity contribution in [3.05, 3.63) is 29.8 Å². The number of hydrogen-bond acceptors (Lipinski definition) is 3. The quantitative estimate of drug-likeness (QED) is 0.762. The number of carbonyl (C=O) groups is 3. The molecule has 1 aliphatic rings. The highest BCUT2D eigenvalue weighted by atomic mass is 16.2. The van der Waals surface area contributed by atoms with E-state index in [0.717, 1.165) is 18.4 Å². The molecular weight excluding hydrogens is 242 g/mol. The van der Waals surface area contributed by atoms with E-state index in [2.05, 4.69) is 0 Å². The van der Waals surface area contributed by atoms with Gasteiger partial charge in [-0.15, -0.1) is 0 Å². The molecule has 0 aliphatic carbocycles. The molecule has 2 amide bonds. The molecule has 2 rings (SSSR count). The maximum absolute atomic E-state index is 11.6. The highest BCUT2D eigenvalue weighted by Gasteiger charge is 2.29. The Morgan fingerprint density at radius 1 is 1.11 bits per heavy atom. The van der Waals surface area contributed by atoms with Gasteiger partial charge >= 0.3 is 0 Å². The molecule has 1 heterocycles. The van der Waals surface area contributed by atoms with Crippen molar-refractivity contribution in [1.29, 1.82) is 0 Å². The topological polar surface area (TPSA) is 54.5 Å². The maximum atomic E-state index is 11.6. The lowest BCUT2D eigenvalue weighted by Crippen LogP contribution is -2.28. The smallest absolute Gasteiger partial charge is 0.234 e. The Labute approximate surface area is 112 Å². The van der Waals surface area contributed by atoms with Crippen LogP contribution in [0.4, 0.5) is 5.69 Å². The summed E-state index contributed by atoms with van der Waals surface area (Å²) in [6.07, 6.45) is 2.86. The summed E-state index contributed by atoms with van der Waals surface area (Å²) in [5.74, 6) is -0.0615. The molecule has 0 spiro atoms. The van der Waals surface area contributed by atoms with E-state index in [1.54, 1.807) is 19.1 Å². The molecule has 0 radical (unpaired) electrons. The molecule has 4 heteroatoms. The Hall–Kier alpha value is -1.97. The molecule has 1 saturated heterocycles. The number of benzene rings is 1. The van der Waals surface area contributed by atoms with E-state index >= 15 is 0 Å². The lowest BCUT2D eigenvalue weighted by atomic mass is 10.1. The maximum Gasteiger partial charge on any atom is 0.234 e. The number of rotatable bonds is 5. The van der Waals surface area contributed by atoms with Gasteiger partial charge in [-0.1, -0.05) is 12.1 Å². The van der Waals surface area contributed by atoms with Crippen molar-refractivity contribution in [2.24, 2.45) is 0 Å². The molecule has 1 aromatic rings. The summed E-state index contributed by atoms with van der Waals surface area (Å²) in [5.41, 5.74) is 1.76. The number of carbonyl (C=O) groups excluding carboxylic acids is 3.